The van der Waals surface area contributed by atoms with Crippen molar-refractivity contribution in [2.75, 3.05) is 39.3 Å². The molecule has 26 heavy (non-hydrogen) atoms. The fourth-order valence-electron chi connectivity index (χ4n) is 3.80. The van der Waals surface area contributed by atoms with Crippen molar-refractivity contribution in [3.05, 3.63) is 34.6 Å². The van der Waals surface area contributed by atoms with Gasteiger partial charge in [0.05, 0.1) is 18.8 Å². The van der Waals surface area contributed by atoms with Gasteiger partial charge in [-0.25, -0.2) is 4.39 Å². The quantitative estimate of drug-likeness (QED) is 0.819. The molecular formula is C19H27ClFN3O2. The zero-order chi connectivity index (χ0) is 18.5. The van der Waals surface area contributed by atoms with Crippen LogP contribution in [0.1, 0.15) is 31.4 Å². The van der Waals surface area contributed by atoms with Crippen LogP contribution in [0.3, 0.4) is 0 Å². The minimum absolute atomic E-state index is 0.0246. The van der Waals surface area contributed by atoms with Crippen LogP contribution in [0.2, 0.25) is 5.02 Å². The van der Waals surface area contributed by atoms with E-state index < -0.39 is 0 Å². The molecule has 2 unspecified atom stereocenters. The molecule has 2 fully saturated rings. The predicted molar refractivity (Wildman–Crippen MR) is 99.7 cm³/mol. The molecule has 2 heterocycles. The Morgan fingerprint density at radius 2 is 2.23 bits per heavy atom. The second-order valence-electron chi connectivity index (χ2n) is 7.10. The molecule has 2 saturated heterocycles. The lowest BCUT2D eigenvalue weighted by Gasteiger charge is -2.38. The summed E-state index contributed by atoms with van der Waals surface area (Å²) < 4.78 is 20.2. The summed E-state index contributed by atoms with van der Waals surface area (Å²) in [7, 11) is 0. The van der Waals surface area contributed by atoms with Crippen molar-refractivity contribution in [1.82, 2.24) is 15.5 Å². The third kappa shape index (κ3) is 4.74. The molecular weight excluding hydrogens is 357 g/mol. The Morgan fingerprint density at radius 1 is 1.46 bits per heavy atom. The van der Waals surface area contributed by atoms with Gasteiger partial charge in [-0.3, -0.25) is 9.69 Å². The second kappa shape index (κ2) is 9.13. The summed E-state index contributed by atoms with van der Waals surface area (Å²) >= 11 is 6.32. The van der Waals surface area contributed by atoms with Gasteiger partial charge in [-0.1, -0.05) is 17.7 Å². The number of carbonyl (C=O) groups excluding carboxylic acids is 1. The molecule has 2 aliphatic heterocycles. The van der Waals surface area contributed by atoms with E-state index in [0.717, 1.165) is 25.9 Å². The average Bonchev–Trinajstić information content (AvgIpc) is 2.64. The number of hydrogen-bond donors (Lipinski definition) is 2. The van der Waals surface area contributed by atoms with Crippen molar-refractivity contribution >= 4 is 17.5 Å². The highest BCUT2D eigenvalue weighted by Crippen LogP contribution is 2.31. The van der Waals surface area contributed by atoms with E-state index in [0.29, 0.717) is 36.8 Å². The van der Waals surface area contributed by atoms with Crippen LogP contribution >= 0.6 is 11.6 Å². The number of nitrogens with zero attached hydrogens (tertiary/aromatic N) is 1. The van der Waals surface area contributed by atoms with Gasteiger partial charge in [-0.2, -0.15) is 0 Å². The third-order valence-corrected chi connectivity index (χ3v) is 5.56. The summed E-state index contributed by atoms with van der Waals surface area (Å²) in [5.74, 6) is -0.264. The van der Waals surface area contributed by atoms with E-state index >= 15 is 0 Å². The van der Waals surface area contributed by atoms with E-state index in [1.54, 1.807) is 12.1 Å². The van der Waals surface area contributed by atoms with Crippen molar-refractivity contribution in [1.29, 1.82) is 0 Å². The highest BCUT2D eigenvalue weighted by Gasteiger charge is 2.30. The molecule has 144 valence electrons. The minimum atomic E-state index is -0.335. The van der Waals surface area contributed by atoms with Crippen LogP contribution in [0.4, 0.5) is 4.39 Å². The number of halogens is 2. The van der Waals surface area contributed by atoms with Crippen LogP contribution in [0.15, 0.2) is 18.2 Å². The van der Waals surface area contributed by atoms with Gasteiger partial charge in [-0.15, -0.1) is 0 Å². The molecule has 0 saturated carbocycles. The lowest BCUT2D eigenvalue weighted by atomic mass is 9.96. The molecule has 1 aromatic rings. The van der Waals surface area contributed by atoms with Crippen LogP contribution in [-0.4, -0.2) is 56.2 Å². The second-order valence-corrected chi connectivity index (χ2v) is 7.50. The van der Waals surface area contributed by atoms with E-state index in [9.17, 15) is 9.18 Å². The Hall–Kier alpha value is -1.21. The van der Waals surface area contributed by atoms with Gasteiger partial charge in [0.25, 0.3) is 0 Å². The van der Waals surface area contributed by atoms with E-state index in [1.807, 2.05) is 6.92 Å². The Kier molecular flexibility index (Phi) is 6.86. The standard InChI is InChI=1S/C19H27ClFN3O2/c1-13-12-24(9-10-26-13)17(18-15(20)3-2-4-16(18)21)11-23-19(25)14-5-7-22-8-6-14/h2-4,13-14,17,22H,5-12H2,1H3,(H,23,25). The first-order valence-corrected chi connectivity index (χ1v) is 9.72. The van der Waals surface area contributed by atoms with E-state index in [1.165, 1.54) is 6.07 Å². The molecule has 0 radical (unpaired) electrons. The summed E-state index contributed by atoms with van der Waals surface area (Å²) in [6, 6.07) is 4.42. The van der Waals surface area contributed by atoms with E-state index in [2.05, 4.69) is 15.5 Å². The molecule has 1 amide bonds. The molecule has 7 heteroatoms. The normalized spacial score (nSPS) is 23.6. The molecule has 2 N–H and O–H groups in total. The molecule has 0 bridgehead atoms. The summed E-state index contributed by atoms with van der Waals surface area (Å²) in [4.78, 5) is 14.7. The van der Waals surface area contributed by atoms with Crippen molar-refractivity contribution in [3.8, 4) is 0 Å². The predicted octanol–water partition coefficient (Wildman–Crippen LogP) is 2.36. The number of nitrogens with one attached hydrogen (secondary N) is 2. The number of amides is 1. The molecule has 0 aliphatic carbocycles. The first-order chi connectivity index (χ1) is 12.6. The fraction of sp³-hybridized carbons (Fsp3) is 0.632. The van der Waals surface area contributed by atoms with Crippen LogP contribution in [0.25, 0.3) is 0 Å². The zero-order valence-corrected chi connectivity index (χ0v) is 15.9. The Morgan fingerprint density at radius 3 is 2.92 bits per heavy atom. The summed E-state index contributed by atoms with van der Waals surface area (Å²) in [5, 5.41) is 6.70. The molecule has 2 aliphatic rings. The lowest BCUT2D eigenvalue weighted by molar-refractivity contribution is -0.126. The Balaban J connectivity index is 1.75. The van der Waals surface area contributed by atoms with Crippen LogP contribution < -0.4 is 10.6 Å². The first kappa shape index (κ1) is 19.5. The molecule has 1 aromatic carbocycles. The summed E-state index contributed by atoms with van der Waals surface area (Å²) in [5.41, 5.74) is 0.453. The van der Waals surface area contributed by atoms with Crippen LogP contribution in [0, 0.1) is 11.7 Å². The SMILES string of the molecule is CC1CN(C(CNC(=O)C2CCNCC2)c2c(F)cccc2Cl)CCO1. The van der Waals surface area contributed by atoms with E-state index in [4.69, 9.17) is 16.3 Å². The maximum atomic E-state index is 14.6. The number of carbonyl (C=O) groups is 1. The molecule has 2 atom stereocenters. The van der Waals surface area contributed by atoms with Gasteiger partial charge in [-0.05, 0) is 45.0 Å². The number of piperidine rings is 1. The number of hydrogen-bond acceptors (Lipinski definition) is 4. The van der Waals surface area contributed by atoms with Gasteiger partial charge in [0.2, 0.25) is 5.91 Å². The third-order valence-electron chi connectivity index (χ3n) is 5.23. The van der Waals surface area contributed by atoms with Crippen molar-refractivity contribution in [2.24, 2.45) is 5.92 Å². The monoisotopic (exact) mass is 383 g/mol. The summed E-state index contributed by atoms with van der Waals surface area (Å²) in [6.07, 6.45) is 1.74. The van der Waals surface area contributed by atoms with Gasteiger partial charge < -0.3 is 15.4 Å². The number of benzene rings is 1. The largest absolute Gasteiger partial charge is 0.376 e. The Bertz CT molecular complexity index is 605. The topological polar surface area (TPSA) is 53.6 Å². The van der Waals surface area contributed by atoms with Gasteiger partial charge in [0, 0.05) is 36.1 Å². The molecule has 3 rings (SSSR count). The van der Waals surface area contributed by atoms with Crippen molar-refractivity contribution < 1.29 is 13.9 Å². The fourth-order valence-corrected chi connectivity index (χ4v) is 4.09. The van der Waals surface area contributed by atoms with Gasteiger partial charge >= 0.3 is 0 Å². The smallest absolute Gasteiger partial charge is 0.223 e. The van der Waals surface area contributed by atoms with Gasteiger partial charge in [0.1, 0.15) is 5.82 Å². The van der Waals surface area contributed by atoms with Crippen LogP contribution in [0.5, 0.6) is 0 Å². The first-order valence-electron chi connectivity index (χ1n) is 9.34. The zero-order valence-electron chi connectivity index (χ0n) is 15.1. The maximum absolute atomic E-state index is 14.6. The van der Waals surface area contributed by atoms with Crippen LogP contribution in [-0.2, 0) is 9.53 Å². The van der Waals surface area contributed by atoms with E-state index in [-0.39, 0.29) is 29.8 Å². The minimum Gasteiger partial charge on any atom is -0.376 e. The molecule has 0 aromatic heterocycles. The van der Waals surface area contributed by atoms with Crippen molar-refractivity contribution in [2.45, 2.75) is 31.9 Å². The molecule has 0 spiro atoms. The van der Waals surface area contributed by atoms with Gasteiger partial charge in [0.15, 0.2) is 0 Å². The summed E-state index contributed by atoms with van der Waals surface area (Å²) in [6.45, 7) is 6.02. The average molecular weight is 384 g/mol. The maximum Gasteiger partial charge on any atom is 0.223 e. The molecule has 5 nitrogen and oxygen atoms in total. The highest BCUT2D eigenvalue weighted by molar-refractivity contribution is 6.31. The number of rotatable bonds is 5. The lowest BCUT2D eigenvalue weighted by Crippen LogP contribution is -2.48. The number of ether oxygens (including phenoxy) is 1. The number of morpholine rings is 1. The van der Waals surface area contributed by atoms with Crippen molar-refractivity contribution in [3.63, 3.8) is 0 Å². The highest BCUT2D eigenvalue weighted by atomic mass is 35.5. The Labute approximate surface area is 159 Å².